The summed E-state index contributed by atoms with van der Waals surface area (Å²) in [4.78, 5) is 112. The van der Waals surface area contributed by atoms with Crippen molar-refractivity contribution >= 4 is 70.8 Å². The number of carbonyl (C=O) groups is 9. The molecule has 17 N–H and O–H groups in total. The molecular formula is C81H118N18O23. The van der Waals surface area contributed by atoms with E-state index in [9.17, 15) is 38.4 Å². The van der Waals surface area contributed by atoms with Gasteiger partial charge >= 0.3 is 29.8 Å². The van der Waals surface area contributed by atoms with Crippen molar-refractivity contribution in [2.45, 2.75) is 163 Å². The van der Waals surface area contributed by atoms with Crippen LogP contribution in [-0.2, 0) is 76.7 Å². The molecule has 6 saturated carbocycles. The number of ketones is 1. The van der Waals surface area contributed by atoms with Crippen molar-refractivity contribution in [3.8, 4) is 34.5 Å². The van der Waals surface area contributed by atoms with Gasteiger partial charge in [-0.15, -0.1) is 10.2 Å². The van der Waals surface area contributed by atoms with E-state index in [0.717, 1.165) is 124 Å². The average molecular weight is 1710 g/mol. The monoisotopic (exact) mass is 1710 g/mol. The molecule has 3 aromatic heterocycles. The number of hydrazone groups is 1. The Morgan fingerprint density at radius 2 is 0.918 bits per heavy atom. The van der Waals surface area contributed by atoms with Gasteiger partial charge in [-0.1, -0.05) is 36.4 Å². The van der Waals surface area contributed by atoms with Crippen LogP contribution in [0.5, 0.6) is 34.5 Å². The van der Waals surface area contributed by atoms with Gasteiger partial charge in [0.1, 0.15) is 46.0 Å². The Hall–Kier alpha value is -12.9. The second-order valence-electron chi connectivity index (χ2n) is 26.5. The summed E-state index contributed by atoms with van der Waals surface area (Å²) in [6.45, 7) is 14.5. The first-order valence-electron chi connectivity index (χ1n) is 39.2. The molecule has 0 radical (unpaired) electrons. The highest BCUT2D eigenvalue weighted by Gasteiger charge is 2.35. The molecule has 0 aliphatic heterocycles. The van der Waals surface area contributed by atoms with E-state index in [2.05, 4.69) is 77.2 Å². The van der Waals surface area contributed by atoms with Crippen molar-refractivity contribution in [3.63, 3.8) is 0 Å². The Bertz CT molecular complexity index is 4370. The van der Waals surface area contributed by atoms with Gasteiger partial charge < -0.3 is 78.9 Å². The van der Waals surface area contributed by atoms with E-state index in [4.69, 9.17) is 75.3 Å². The van der Waals surface area contributed by atoms with Crippen LogP contribution in [-0.4, -0.2) is 203 Å². The van der Waals surface area contributed by atoms with Crippen molar-refractivity contribution in [2.75, 3.05) is 88.0 Å². The van der Waals surface area contributed by atoms with E-state index in [1.807, 2.05) is 79.7 Å². The number of hydrogen-bond acceptors (Lipinski definition) is 33. The highest BCUT2D eigenvalue weighted by Crippen LogP contribution is 2.41. The molecule has 2 amide bonds. The number of nitrogens with one attached hydrogen (secondary N) is 4. The van der Waals surface area contributed by atoms with E-state index in [1.165, 1.54) is 0 Å². The number of aliphatic carboxylic acids is 1. The molecule has 0 bridgehead atoms. The number of methoxy groups -OCH3 is 6. The predicted molar refractivity (Wildman–Crippen MR) is 445 cm³/mol. The second-order valence-corrected chi connectivity index (χ2v) is 26.5. The number of rotatable bonds is 28. The van der Waals surface area contributed by atoms with E-state index >= 15 is 0 Å². The number of aromatic nitrogens is 9. The zero-order chi connectivity index (χ0) is 89.5. The fourth-order valence-electron chi connectivity index (χ4n) is 9.90. The summed E-state index contributed by atoms with van der Waals surface area (Å²) in [6, 6.07) is 26.3. The molecule has 7 aromatic rings. The Morgan fingerprint density at radius 1 is 0.516 bits per heavy atom. The standard InChI is InChI=1S/C23H25N3O4.C16H19N3O3.C8H13N3O3.C8H11N3O2.C8H11NO2.C6H11NO3.C6H10O2.C4H8N2O.C2H4O2.H4N2.H2O/c1-28-17-11-7-15(8-12-17)14-26-23(24-22(25-26)16-9-10-16)19(27)13-18-20(29-2)5-4-6-21(18)30-3;1-3-22-16(20)15-17-14(12-6-7-12)18-19(15)10-11-4-8-13(21-2)9-5-11;1-2-14-8(13)6(9)10-11-7(12)5-3-4-5;1-2-13-8(12)7-9-6(10-11-7)5-3-4-5;1-10-6-4-3-5-7(11-2)8(6)9;1-3-9-5(7)6(8)10-4-2;1-2-8-6(7)5-3-4-5;5-6-4(7)3-1-2-3;1-2(3)4;1-2;/h4-8,11-12,16H,9-10,13-14H2,1-3H3;4-5,8-9,12H,3,6-7,10H2,1-2H3;5H,2-4H2,1H3,(H2,9,10)(H,11,12);5H,2-4H2,1H3,(H,9,10,11);3-5H,9H2,1-2H3;7H,3-4H2,1-2H3;5H,2-4H2,1H3;3H,1-2,5H2,(H,6,7);1H3,(H,3,4);1-2H2;1H2. The normalized spacial score (nSPS) is 13.4. The number of benzene rings is 4. The topological polar surface area (TPSA) is 609 Å². The maximum absolute atomic E-state index is 13.3. The van der Waals surface area contributed by atoms with Crippen LogP contribution in [0.15, 0.2) is 90.0 Å². The molecule has 41 heteroatoms. The number of ether oxygens (including phenoxy) is 12. The number of nitrogens with two attached hydrogens (primary N) is 5. The molecule has 6 aliphatic rings. The van der Waals surface area contributed by atoms with Crippen molar-refractivity contribution in [3.05, 3.63) is 137 Å². The van der Waals surface area contributed by atoms with Crippen LogP contribution >= 0.6 is 0 Å². The van der Waals surface area contributed by atoms with Crippen LogP contribution in [0.4, 0.5) is 5.69 Å². The molecule has 122 heavy (non-hydrogen) atoms. The third-order valence-corrected chi connectivity index (χ3v) is 17.0. The molecule has 41 nitrogen and oxygen atoms in total. The maximum Gasteiger partial charge on any atom is 0.393 e. The quantitative estimate of drug-likeness (QED) is 0.00287. The van der Waals surface area contributed by atoms with Crippen LogP contribution in [0.2, 0.25) is 0 Å². The Balaban J connectivity index is 0.000000372. The lowest BCUT2D eigenvalue weighted by molar-refractivity contribution is -0.144. The van der Waals surface area contributed by atoms with Gasteiger partial charge in [0, 0.05) is 48.5 Å². The summed E-state index contributed by atoms with van der Waals surface area (Å²) in [6.07, 6.45) is 12.6. The molecule has 0 spiro atoms. The molecule has 0 saturated heterocycles. The highest BCUT2D eigenvalue weighted by molar-refractivity contribution is 6.34. The number of amides is 2. The van der Waals surface area contributed by atoms with E-state index in [0.29, 0.717) is 97.3 Å². The minimum Gasteiger partial charge on any atom is -0.497 e. The maximum atomic E-state index is 13.3. The lowest BCUT2D eigenvalue weighted by atomic mass is 10.1. The number of para-hydroxylation sites is 1. The van der Waals surface area contributed by atoms with Gasteiger partial charge in [0.15, 0.2) is 17.5 Å². The van der Waals surface area contributed by atoms with Gasteiger partial charge in [-0.05, 0) is 178 Å². The fourth-order valence-corrected chi connectivity index (χ4v) is 9.90. The molecule has 670 valence electrons. The summed E-state index contributed by atoms with van der Waals surface area (Å²) in [5.41, 5.74) is 18.5. The minimum atomic E-state index is -0.833. The first-order chi connectivity index (χ1) is 58.2. The predicted octanol–water partition coefficient (Wildman–Crippen LogP) is 6.53. The SMILES string of the molecule is CC(=O)O.CCOC(=N)C(=O)OCC.CCOC(=O)C(N)=NNC(=O)C1CC1.CCOC(=O)C1CC1.CCOC(=O)c1n[nH]c(C2CC2)n1.CCOC(=O)c1nc(C2CC2)nn1Cc1ccc(OC)cc1.COc1ccc(Cn2nc(C3CC3)nc2C(=O)Cc2c(OC)cccc2OC)cc1.COc1cccc(OC)c1N.NN.NNC(=O)C1CC1.O. The van der Waals surface area contributed by atoms with Gasteiger partial charge in [-0.3, -0.25) is 51.6 Å². The van der Waals surface area contributed by atoms with Crippen LogP contribution in [0.1, 0.15) is 209 Å². The first-order valence-corrected chi connectivity index (χ1v) is 39.2. The lowest BCUT2D eigenvalue weighted by Gasteiger charge is -2.12. The van der Waals surface area contributed by atoms with Crippen LogP contribution in [0.25, 0.3) is 0 Å². The summed E-state index contributed by atoms with van der Waals surface area (Å²) in [5, 5.41) is 33.4. The summed E-state index contributed by atoms with van der Waals surface area (Å²) in [5.74, 6) is 17.5. The van der Waals surface area contributed by atoms with Crippen LogP contribution in [0, 0.1) is 23.2 Å². The van der Waals surface area contributed by atoms with Crippen molar-refractivity contribution < 1.29 is 111 Å². The van der Waals surface area contributed by atoms with Gasteiger partial charge in [0.05, 0.1) is 101 Å². The minimum absolute atomic E-state index is 0. The molecule has 3 heterocycles. The number of hydrazine groups is 2. The van der Waals surface area contributed by atoms with Crippen LogP contribution < -0.4 is 68.3 Å². The van der Waals surface area contributed by atoms with Crippen LogP contribution in [0.3, 0.4) is 0 Å². The number of carboxylic acid groups (broad SMARTS) is 1. The number of carbonyl (C=O) groups excluding carboxylic acids is 8. The molecule has 4 aromatic carbocycles. The smallest absolute Gasteiger partial charge is 0.393 e. The number of anilines is 1. The number of nitrogen functional groups attached to an aromatic ring is 1. The number of Topliss-reactive ketones (excluding diaryl/α,β-unsaturated/α-hetero) is 1. The molecule has 0 atom stereocenters. The van der Waals surface area contributed by atoms with E-state index in [-0.39, 0.29) is 83.9 Å². The number of esters is 5. The summed E-state index contributed by atoms with van der Waals surface area (Å²) in [7, 11) is 9.58. The molecule has 6 aliphatic carbocycles. The van der Waals surface area contributed by atoms with E-state index in [1.54, 1.807) is 98.8 Å². The Labute approximate surface area is 707 Å². The molecular weight excluding hydrogens is 1590 g/mol. The first kappa shape index (κ1) is 103. The van der Waals surface area contributed by atoms with Crippen molar-refractivity contribution in [1.82, 2.24) is 55.6 Å². The number of H-pyrrole nitrogens is 1. The number of hydrogen-bond donors (Lipinski definition) is 10. The van der Waals surface area contributed by atoms with Gasteiger partial charge in [0.25, 0.3) is 17.7 Å². The number of nitrogens with zero attached hydrogens (tertiary/aromatic N) is 9. The third kappa shape index (κ3) is 37.6. The average Bonchev–Trinajstić information content (AvgIpc) is 1.63. The van der Waals surface area contributed by atoms with Gasteiger partial charge in [-0.25, -0.2) is 54.8 Å². The summed E-state index contributed by atoms with van der Waals surface area (Å²) >= 11 is 0. The second kappa shape index (κ2) is 55.8. The molecule has 0 unspecified atom stereocenters. The summed E-state index contributed by atoms with van der Waals surface area (Å²) < 4.78 is 62.7. The Kier molecular flexibility index (Phi) is 47.2. The Morgan fingerprint density at radius 3 is 1.31 bits per heavy atom. The van der Waals surface area contributed by atoms with Gasteiger partial charge in [-0.2, -0.15) is 10.2 Å². The largest absolute Gasteiger partial charge is 0.497 e. The number of aromatic amines is 1. The number of carboxylic acids is 1. The molecule has 13 rings (SSSR count). The van der Waals surface area contributed by atoms with E-state index < -0.39 is 35.7 Å². The van der Waals surface area contributed by atoms with Gasteiger partial charge in [0.2, 0.25) is 29.3 Å². The third-order valence-electron chi connectivity index (χ3n) is 17.0. The van der Waals surface area contributed by atoms with Crippen molar-refractivity contribution in [2.24, 2.45) is 46.1 Å². The number of amidine groups is 1. The zero-order valence-electron chi connectivity index (χ0n) is 71.3. The highest BCUT2D eigenvalue weighted by atomic mass is 16.6. The fraction of sp³-hybridized carbons (Fsp3) is 0.494. The molecule has 6 fully saturated rings. The van der Waals surface area contributed by atoms with Crippen molar-refractivity contribution in [1.29, 1.82) is 5.41 Å². The lowest BCUT2D eigenvalue weighted by Crippen LogP contribution is -2.31. The zero-order valence-corrected chi connectivity index (χ0v) is 71.3.